The van der Waals surface area contributed by atoms with Crippen LogP contribution in [0.15, 0.2) is 53.1 Å². The van der Waals surface area contributed by atoms with Crippen LogP contribution in [-0.4, -0.2) is 21.7 Å². The van der Waals surface area contributed by atoms with E-state index in [1.807, 2.05) is 19.9 Å². The molecule has 2 aromatic heterocycles. The van der Waals surface area contributed by atoms with Crippen molar-refractivity contribution in [2.45, 2.75) is 33.4 Å². The molecule has 1 amide bonds. The van der Waals surface area contributed by atoms with E-state index < -0.39 is 6.04 Å². The second-order valence-electron chi connectivity index (χ2n) is 6.68. The SMILES string of the molecule is CCn1c2ccccc2c2cc(N[C@@H](C)C(=O)Nc3cc(C)no3)ccc21. The summed E-state index contributed by atoms with van der Waals surface area (Å²) in [6.07, 6.45) is 0. The number of nitrogens with zero attached hydrogens (tertiary/aromatic N) is 2. The van der Waals surface area contributed by atoms with E-state index in [1.165, 1.54) is 21.8 Å². The molecule has 2 heterocycles. The van der Waals surface area contributed by atoms with Crippen molar-refractivity contribution in [2.75, 3.05) is 10.6 Å². The minimum atomic E-state index is -0.424. The molecule has 4 rings (SSSR count). The van der Waals surface area contributed by atoms with Crippen LogP contribution < -0.4 is 10.6 Å². The van der Waals surface area contributed by atoms with Crippen LogP contribution in [0.4, 0.5) is 11.6 Å². The van der Waals surface area contributed by atoms with Gasteiger partial charge in [-0.05, 0) is 45.0 Å². The Morgan fingerprint density at radius 3 is 2.67 bits per heavy atom. The molecule has 138 valence electrons. The molecule has 4 aromatic rings. The number of nitrogens with one attached hydrogen (secondary N) is 2. The molecule has 6 heteroatoms. The zero-order valence-electron chi connectivity index (χ0n) is 15.6. The number of aromatic nitrogens is 2. The number of para-hydroxylation sites is 1. The maximum Gasteiger partial charge on any atom is 0.248 e. The van der Waals surface area contributed by atoms with E-state index in [0.717, 1.165) is 17.9 Å². The van der Waals surface area contributed by atoms with Gasteiger partial charge in [-0.15, -0.1) is 0 Å². The zero-order chi connectivity index (χ0) is 19.0. The lowest BCUT2D eigenvalue weighted by atomic mass is 10.1. The Morgan fingerprint density at radius 1 is 1.15 bits per heavy atom. The summed E-state index contributed by atoms with van der Waals surface area (Å²) in [6.45, 7) is 6.68. The minimum absolute atomic E-state index is 0.178. The standard InChI is InChI=1S/C21H22N4O2/c1-4-25-18-8-6-5-7-16(18)17-12-15(9-10-19(17)25)22-14(3)21(26)23-20-11-13(2)24-27-20/h5-12,14,22H,4H2,1-3H3,(H,23,26)/t14-/m0/s1. The fourth-order valence-electron chi connectivity index (χ4n) is 3.45. The van der Waals surface area contributed by atoms with Gasteiger partial charge in [0, 0.05) is 40.1 Å². The molecule has 6 nitrogen and oxygen atoms in total. The highest BCUT2D eigenvalue weighted by molar-refractivity contribution is 6.09. The van der Waals surface area contributed by atoms with E-state index in [-0.39, 0.29) is 5.91 Å². The Bertz CT molecular complexity index is 1130. The molecule has 27 heavy (non-hydrogen) atoms. The van der Waals surface area contributed by atoms with Crippen LogP contribution in [0, 0.1) is 6.92 Å². The average molecular weight is 362 g/mol. The molecule has 0 aliphatic carbocycles. The van der Waals surface area contributed by atoms with Crippen LogP contribution in [0.3, 0.4) is 0 Å². The first-order chi connectivity index (χ1) is 13.1. The van der Waals surface area contributed by atoms with Crippen molar-refractivity contribution in [1.29, 1.82) is 0 Å². The van der Waals surface area contributed by atoms with E-state index in [4.69, 9.17) is 4.52 Å². The van der Waals surface area contributed by atoms with Gasteiger partial charge in [0.1, 0.15) is 6.04 Å². The summed E-state index contributed by atoms with van der Waals surface area (Å²) in [5, 5.41) is 12.2. The molecular formula is C21H22N4O2. The van der Waals surface area contributed by atoms with Gasteiger partial charge in [0.2, 0.25) is 11.8 Å². The monoisotopic (exact) mass is 362 g/mol. The lowest BCUT2D eigenvalue weighted by molar-refractivity contribution is -0.116. The zero-order valence-corrected chi connectivity index (χ0v) is 15.6. The highest BCUT2D eigenvalue weighted by Crippen LogP contribution is 2.31. The molecule has 0 fully saturated rings. The number of hydrogen-bond donors (Lipinski definition) is 2. The number of hydrogen-bond acceptors (Lipinski definition) is 4. The van der Waals surface area contributed by atoms with Crippen molar-refractivity contribution in [3.8, 4) is 0 Å². The highest BCUT2D eigenvalue weighted by Gasteiger charge is 2.16. The predicted octanol–water partition coefficient (Wildman–Crippen LogP) is 4.55. The van der Waals surface area contributed by atoms with Gasteiger partial charge >= 0.3 is 0 Å². The van der Waals surface area contributed by atoms with Gasteiger partial charge < -0.3 is 14.4 Å². The summed E-state index contributed by atoms with van der Waals surface area (Å²) < 4.78 is 7.35. The van der Waals surface area contributed by atoms with E-state index in [0.29, 0.717) is 5.88 Å². The van der Waals surface area contributed by atoms with Gasteiger partial charge in [-0.25, -0.2) is 0 Å². The van der Waals surface area contributed by atoms with Crippen molar-refractivity contribution in [1.82, 2.24) is 9.72 Å². The number of rotatable bonds is 5. The van der Waals surface area contributed by atoms with Gasteiger partial charge in [0.05, 0.1) is 5.69 Å². The van der Waals surface area contributed by atoms with Crippen molar-refractivity contribution in [3.63, 3.8) is 0 Å². The van der Waals surface area contributed by atoms with Crippen LogP contribution in [0.2, 0.25) is 0 Å². The summed E-state index contributed by atoms with van der Waals surface area (Å²) in [5.74, 6) is 0.176. The smallest absolute Gasteiger partial charge is 0.248 e. The molecular weight excluding hydrogens is 340 g/mol. The van der Waals surface area contributed by atoms with E-state index >= 15 is 0 Å². The second-order valence-corrected chi connectivity index (χ2v) is 6.68. The number of anilines is 2. The lowest BCUT2D eigenvalue weighted by Gasteiger charge is -2.14. The maximum absolute atomic E-state index is 12.4. The van der Waals surface area contributed by atoms with Crippen LogP contribution in [0.25, 0.3) is 21.8 Å². The minimum Gasteiger partial charge on any atom is -0.374 e. The number of amides is 1. The molecule has 0 unspecified atom stereocenters. The summed E-state index contributed by atoms with van der Waals surface area (Å²) in [4.78, 5) is 12.4. The quantitative estimate of drug-likeness (QED) is 0.546. The Balaban J connectivity index is 1.60. The van der Waals surface area contributed by atoms with Gasteiger partial charge in [-0.1, -0.05) is 23.4 Å². The van der Waals surface area contributed by atoms with Gasteiger partial charge in [-0.2, -0.15) is 0 Å². The van der Waals surface area contributed by atoms with Gasteiger partial charge in [0.15, 0.2) is 0 Å². The first-order valence-corrected chi connectivity index (χ1v) is 9.08. The second kappa shape index (κ2) is 6.79. The molecule has 0 saturated carbocycles. The molecule has 0 spiro atoms. The number of benzene rings is 2. The number of fused-ring (bicyclic) bond motifs is 3. The highest BCUT2D eigenvalue weighted by atomic mass is 16.5. The van der Waals surface area contributed by atoms with Gasteiger partial charge in [-0.3, -0.25) is 10.1 Å². The maximum atomic E-state index is 12.4. The molecule has 0 bridgehead atoms. The van der Waals surface area contributed by atoms with Crippen molar-refractivity contribution < 1.29 is 9.32 Å². The summed E-state index contributed by atoms with van der Waals surface area (Å²) >= 11 is 0. The molecule has 0 saturated heterocycles. The average Bonchev–Trinajstić information content (AvgIpc) is 3.22. The van der Waals surface area contributed by atoms with E-state index in [1.54, 1.807) is 6.07 Å². The first kappa shape index (κ1) is 17.1. The summed E-state index contributed by atoms with van der Waals surface area (Å²) in [5.41, 5.74) is 4.04. The first-order valence-electron chi connectivity index (χ1n) is 9.08. The Labute approximate surface area is 157 Å². The Hall–Kier alpha value is -3.28. The third-order valence-corrected chi connectivity index (χ3v) is 4.74. The molecule has 0 radical (unpaired) electrons. The molecule has 0 aliphatic rings. The number of carbonyl (C=O) groups excluding carboxylic acids is 1. The van der Waals surface area contributed by atoms with E-state index in [2.05, 4.69) is 63.7 Å². The fourth-order valence-corrected chi connectivity index (χ4v) is 3.45. The molecule has 2 aromatic carbocycles. The lowest BCUT2D eigenvalue weighted by Crippen LogP contribution is -2.31. The van der Waals surface area contributed by atoms with Crippen LogP contribution in [-0.2, 0) is 11.3 Å². The number of carbonyl (C=O) groups is 1. The van der Waals surface area contributed by atoms with Gasteiger partial charge in [0.25, 0.3) is 0 Å². The van der Waals surface area contributed by atoms with Crippen molar-refractivity contribution in [3.05, 3.63) is 54.2 Å². The molecule has 0 aliphatic heterocycles. The number of aryl methyl sites for hydroxylation is 2. The molecule has 2 N–H and O–H groups in total. The van der Waals surface area contributed by atoms with Crippen LogP contribution >= 0.6 is 0 Å². The topological polar surface area (TPSA) is 72.1 Å². The largest absolute Gasteiger partial charge is 0.374 e. The van der Waals surface area contributed by atoms with Crippen molar-refractivity contribution >= 4 is 39.3 Å². The normalized spacial score (nSPS) is 12.4. The third-order valence-electron chi connectivity index (χ3n) is 4.74. The van der Waals surface area contributed by atoms with E-state index in [9.17, 15) is 4.79 Å². The van der Waals surface area contributed by atoms with Crippen LogP contribution in [0.1, 0.15) is 19.5 Å². The molecule has 1 atom stereocenters. The van der Waals surface area contributed by atoms with Crippen molar-refractivity contribution in [2.24, 2.45) is 0 Å². The summed E-state index contributed by atoms with van der Waals surface area (Å²) in [7, 11) is 0. The fraction of sp³-hybridized carbons (Fsp3) is 0.238. The van der Waals surface area contributed by atoms with Crippen LogP contribution in [0.5, 0.6) is 0 Å². The Kier molecular flexibility index (Phi) is 4.32. The third kappa shape index (κ3) is 3.14. The predicted molar refractivity (Wildman–Crippen MR) is 108 cm³/mol. The Morgan fingerprint density at radius 2 is 1.93 bits per heavy atom. The summed E-state index contributed by atoms with van der Waals surface area (Å²) in [6, 6.07) is 15.9.